The highest BCUT2D eigenvalue weighted by atomic mass is 28.3. The van der Waals surface area contributed by atoms with E-state index in [-0.39, 0.29) is 0 Å². The van der Waals surface area contributed by atoms with E-state index in [1.807, 2.05) is 0 Å². The molecule has 0 fully saturated rings. The van der Waals surface area contributed by atoms with Crippen LogP contribution in [-0.4, -0.2) is 14.3 Å². The van der Waals surface area contributed by atoms with Crippen LogP contribution in [0.1, 0.15) is 39.7 Å². The highest BCUT2D eigenvalue weighted by Crippen LogP contribution is 2.34. The molecule has 18 heavy (non-hydrogen) atoms. The molecule has 1 N–H and O–H groups in total. The van der Waals surface area contributed by atoms with Crippen LogP contribution in [0.15, 0.2) is 30.3 Å². The molecule has 1 rings (SSSR count). The molecule has 0 saturated heterocycles. The standard InChI is InChI=1S/C16H29NSi/c1-14(17-18(5,6)16(2,3)4)12-13-15-10-8-7-9-11-15/h7-11,14,17H,12-13H2,1-6H3. The Morgan fingerprint density at radius 3 is 2.17 bits per heavy atom. The second-order valence-corrected chi connectivity index (χ2v) is 12.0. The van der Waals surface area contributed by atoms with Gasteiger partial charge in [-0.05, 0) is 29.5 Å². The van der Waals surface area contributed by atoms with E-state index in [1.54, 1.807) is 0 Å². The molecule has 0 aromatic heterocycles. The lowest BCUT2D eigenvalue weighted by atomic mass is 10.1. The van der Waals surface area contributed by atoms with Gasteiger partial charge in [0, 0.05) is 0 Å². The first-order chi connectivity index (χ1) is 8.22. The molecule has 0 spiro atoms. The van der Waals surface area contributed by atoms with Crippen LogP contribution in [0.3, 0.4) is 0 Å². The van der Waals surface area contributed by atoms with Crippen molar-refractivity contribution in [3.05, 3.63) is 35.9 Å². The van der Waals surface area contributed by atoms with Crippen LogP contribution in [0.25, 0.3) is 0 Å². The summed E-state index contributed by atoms with van der Waals surface area (Å²) in [7, 11) is -1.36. The van der Waals surface area contributed by atoms with Crippen LogP contribution in [-0.2, 0) is 6.42 Å². The lowest BCUT2D eigenvalue weighted by molar-refractivity contribution is 0.577. The van der Waals surface area contributed by atoms with Gasteiger partial charge in [-0.1, -0.05) is 71.1 Å². The van der Waals surface area contributed by atoms with Crippen LogP contribution in [0.5, 0.6) is 0 Å². The summed E-state index contributed by atoms with van der Waals surface area (Å²) in [6.45, 7) is 14.3. The number of rotatable bonds is 5. The van der Waals surface area contributed by atoms with E-state index in [1.165, 1.54) is 18.4 Å². The van der Waals surface area contributed by atoms with Crippen LogP contribution in [0, 0.1) is 0 Å². The number of hydrogen-bond acceptors (Lipinski definition) is 1. The second kappa shape index (κ2) is 6.03. The molecule has 1 unspecified atom stereocenters. The molecule has 102 valence electrons. The molecular weight excluding hydrogens is 234 g/mol. The van der Waals surface area contributed by atoms with E-state index in [2.05, 4.69) is 76.1 Å². The predicted molar refractivity (Wildman–Crippen MR) is 84.6 cm³/mol. The van der Waals surface area contributed by atoms with Gasteiger partial charge in [-0.15, -0.1) is 0 Å². The van der Waals surface area contributed by atoms with Gasteiger partial charge in [0.2, 0.25) is 0 Å². The Bertz CT molecular complexity index is 351. The minimum absolute atomic E-state index is 0.411. The molecule has 1 aromatic carbocycles. The third-order valence-electron chi connectivity index (χ3n) is 4.19. The fourth-order valence-corrected chi connectivity index (χ4v) is 3.74. The molecule has 0 radical (unpaired) electrons. The van der Waals surface area contributed by atoms with E-state index < -0.39 is 8.24 Å². The van der Waals surface area contributed by atoms with Crippen LogP contribution in [0.2, 0.25) is 18.1 Å². The van der Waals surface area contributed by atoms with Gasteiger partial charge < -0.3 is 4.98 Å². The highest BCUT2D eigenvalue weighted by Gasteiger charge is 2.35. The summed E-state index contributed by atoms with van der Waals surface area (Å²) in [5, 5.41) is 0.411. The molecule has 1 nitrogen and oxygen atoms in total. The molecule has 1 atom stereocenters. The van der Waals surface area contributed by atoms with Gasteiger partial charge in [-0.25, -0.2) is 0 Å². The largest absolute Gasteiger partial charge is 0.334 e. The minimum atomic E-state index is -1.36. The molecule has 1 aromatic rings. The monoisotopic (exact) mass is 263 g/mol. The number of nitrogens with one attached hydrogen (secondary N) is 1. The Balaban J connectivity index is 2.45. The maximum atomic E-state index is 3.91. The Morgan fingerprint density at radius 1 is 1.11 bits per heavy atom. The number of hydrogen-bond donors (Lipinski definition) is 1. The van der Waals surface area contributed by atoms with Crippen molar-refractivity contribution in [3.8, 4) is 0 Å². The van der Waals surface area contributed by atoms with Crippen molar-refractivity contribution >= 4 is 8.24 Å². The lowest BCUT2D eigenvalue weighted by Crippen LogP contribution is -2.55. The molecular formula is C16H29NSi. The summed E-state index contributed by atoms with van der Waals surface area (Å²) < 4.78 is 0. The third kappa shape index (κ3) is 4.58. The summed E-state index contributed by atoms with van der Waals surface area (Å²) in [6, 6.07) is 11.4. The van der Waals surface area contributed by atoms with Crippen LogP contribution < -0.4 is 4.98 Å². The van der Waals surface area contributed by atoms with Gasteiger partial charge in [-0.3, -0.25) is 0 Å². The first kappa shape index (κ1) is 15.5. The first-order valence-corrected chi connectivity index (χ1v) is 10.0. The van der Waals surface area contributed by atoms with Crippen molar-refractivity contribution in [2.45, 2.75) is 64.7 Å². The van der Waals surface area contributed by atoms with Crippen molar-refractivity contribution in [3.63, 3.8) is 0 Å². The Labute approximate surface area is 114 Å². The molecule has 0 aliphatic rings. The summed E-state index contributed by atoms with van der Waals surface area (Å²) >= 11 is 0. The summed E-state index contributed by atoms with van der Waals surface area (Å²) in [5.41, 5.74) is 1.45. The zero-order chi connectivity index (χ0) is 13.8. The van der Waals surface area contributed by atoms with E-state index in [0.29, 0.717) is 11.1 Å². The zero-order valence-corrected chi connectivity index (χ0v) is 13.9. The second-order valence-electron chi connectivity index (χ2n) is 6.94. The average Bonchev–Trinajstić information content (AvgIpc) is 2.26. The van der Waals surface area contributed by atoms with Gasteiger partial charge in [-0.2, -0.15) is 0 Å². The molecule has 0 aliphatic carbocycles. The molecule has 0 heterocycles. The van der Waals surface area contributed by atoms with E-state index in [9.17, 15) is 0 Å². The van der Waals surface area contributed by atoms with Crippen molar-refractivity contribution in [1.29, 1.82) is 0 Å². The summed E-state index contributed by atoms with van der Waals surface area (Å²) in [5.74, 6) is 0. The number of benzene rings is 1. The van der Waals surface area contributed by atoms with Crippen molar-refractivity contribution in [2.24, 2.45) is 0 Å². The molecule has 0 saturated carbocycles. The first-order valence-electron chi connectivity index (χ1n) is 7.04. The van der Waals surface area contributed by atoms with Gasteiger partial charge in [0.1, 0.15) is 8.24 Å². The zero-order valence-electron chi connectivity index (χ0n) is 12.9. The molecule has 0 bridgehead atoms. The normalized spacial score (nSPS) is 14.6. The van der Waals surface area contributed by atoms with Gasteiger partial charge in [0.25, 0.3) is 0 Å². The fourth-order valence-electron chi connectivity index (χ4n) is 1.93. The van der Waals surface area contributed by atoms with Crippen molar-refractivity contribution < 1.29 is 0 Å². The Morgan fingerprint density at radius 2 is 1.67 bits per heavy atom. The van der Waals surface area contributed by atoms with Crippen LogP contribution >= 0.6 is 0 Å². The van der Waals surface area contributed by atoms with Crippen molar-refractivity contribution in [2.75, 3.05) is 0 Å². The van der Waals surface area contributed by atoms with E-state index in [0.717, 1.165) is 0 Å². The Kier molecular flexibility index (Phi) is 5.17. The van der Waals surface area contributed by atoms with Crippen molar-refractivity contribution in [1.82, 2.24) is 4.98 Å². The lowest BCUT2D eigenvalue weighted by Gasteiger charge is -2.39. The summed E-state index contributed by atoms with van der Waals surface area (Å²) in [4.78, 5) is 3.91. The molecule has 0 aliphatic heterocycles. The highest BCUT2D eigenvalue weighted by molar-refractivity contribution is 6.77. The number of aryl methyl sites for hydroxylation is 1. The third-order valence-corrected chi connectivity index (χ3v) is 9.16. The van der Waals surface area contributed by atoms with E-state index in [4.69, 9.17) is 0 Å². The average molecular weight is 264 g/mol. The van der Waals surface area contributed by atoms with Gasteiger partial charge >= 0.3 is 0 Å². The smallest absolute Gasteiger partial charge is 0.125 e. The molecule has 0 amide bonds. The maximum Gasteiger partial charge on any atom is 0.125 e. The fraction of sp³-hybridized carbons (Fsp3) is 0.625. The topological polar surface area (TPSA) is 12.0 Å². The SMILES string of the molecule is CC(CCc1ccccc1)N[Si](C)(C)C(C)(C)C. The maximum absolute atomic E-state index is 3.91. The van der Waals surface area contributed by atoms with Gasteiger partial charge in [0.15, 0.2) is 0 Å². The Hall–Kier alpha value is -0.603. The predicted octanol–water partition coefficient (Wildman–Crippen LogP) is 4.60. The van der Waals surface area contributed by atoms with Gasteiger partial charge in [0.05, 0.1) is 0 Å². The minimum Gasteiger partial charge on any atom is -0.334 e. The van der Waals surface area contributed by atoms with Crippen LogP contribution in [0.4, 0.5) is 0 Å². The van der Waals surface area contributed by atoms with E-state index >= 15 is 0 Å². The quantitative estimate of drug-likeness (QED) is 0.765. The molecule has 2 heteroatoms. The summed E-state index contributed by atoms with van der Waals surface area (Å²) in [6.07, 6.45) is 2.39.